The first kappa shape index (κ1) is 20.8. The number of fused-ring (bicyclic) bond motifs is 1. The summed E-state index contributed by atoms with van der Waals surface area (Å²) in [5, 5.41) is 1.99. The van der Waals surface area contributed by atoms with Gasteiger partial charge < -0.3 is 17.0 Å². The minimum atomic E-state index is 0. The molecule has 0 saturated heterocycles. The predicted molar refractivity (Wildman–Crippen MR) is 94.7 cm³/mol. The van der Waals surface area contributed by atoms with E-state index >= 15 is 0 Å². The van der Waals surface area contributed by atoms with Crippen molar-refractivity contribution >= 4 is 17.0 Å². The average molecular weight is 354 g/mol. The van der Waals surface area contributed by atoms with Crippen molar-refractivity contribution in [1.29, 1.82) is 0 Å². The van der Waals surface area contributed by atoms with E-state index in [9.17, 15) is 0 Å². The summed E-state index contributed by atoms with van der Waals surface area (Å²) < 4.78 is 2.16. The van der Waals surface area contributed by atoms with Crippen molar-refractivity contribution in [3.05, 3.63) is 12.7 Å². The van der Waals surface area contributed by atoms with Gasteiger partial charge in [0.1, 0.15) is 6.33 Å². The van der Waals surface area contributed by atoms with Gasteiger partial charge in [0.05, 0.1) is 13.4 Å². The van der Waals surface area contributed by atoms with Gasteiger partial charge in [0.15, 0.2) is 11.2 Å². The predicted octanol–water partition coefficient (Wildman–Crippen LogP) is 0.576. The Kier molecular flexibility index (Phi) is 10.6. The van der Waals surface area contributed by atoms with Crippen LogP contribution in [0.2, 0.25) is 0 Å². The highest BCUT2D eigenvalue weighted by Gasteiger charge is 2.11. The lowest BCUT2D eigenvalue weighted by Gasteiger charge is -2.04. The van der Waals surface area contributed by atoms with Gasteiger partial charge in [-0.3, -0.25) is 5.32 Å². The molecular formula is C18H32ClN5. The van der Waals surface area contributed by atoms with Gasteiger partial charge in [0.2, 0.25) is 0 Å². The van der Waals surface area contributed by atoms with Crippen molar-refractivity contribution in [1.82, 2.24) is 19.5 Å². The van der Waals surface area contributed by atoms with Gasteiger partial charge in [-0.1, -0.05) is 64.7 Å². The number of unbranched alkanes of at least 4 members (excludes halogenated alkanes) is 9. The van der Waals surface area contributed by atoms with Gasteiger partial charge in [-0.25, -0.2) is 9.97 Å². The molecule has 0 saturated carbocycles. The van der Waals surface area contributed by atoms with Crippen LogP contribution in [0.15, 0.2) is 12.7 Å². The number of rotatable bonds is 12. The number of nitrogens with zero attached hydrogens (tertiary/aromatic N) is 4. The molecule has 2 N–H and O–H groups in total. The van der Waals surface area contributed by atoms with E-state index in [0.29, 0.717) is 0 Å². The summed E-state index contributed by atoms with van der Waals surface area (Å²) >= 11 is 0. The van der Waals surface area contributed by atoms with E-state index in [1.54, 1.807) is 6.33 Å². The lowest BCUT2D eigenvalue weighted by Crippen LogP contribution is -3.00. The Hall–Kier alpha value is -1.20. The molecule has 0 fully saturated rings. The van der Waals surface area contributed by atoms with Crippen molar-refractivity contribution in [2.24, 2.45) is 0 Å². The number of imidazole rings is 1. The summed E-state index contributed by atoms with van der Waals surface area (Å²) in [5.74, 6) is 0.928. The molecule has 24 heavy (non-hydrogen) atoms. The Balaban J connectivity index is 0.00000288. The first-order chi connectivity index (χ1) is 11.4. The zero-order valence-electron chi connectivity index (χ0n) is 15.2. The average Bonchev–Trinajstić information content (AvgIpc) is 3.00. The lowest BCUT2D eigenvalue weighted by atomic mass is 10.1. The van der Waals surface area contributed by atoms with Crippen LogP contribution in [0.3, 0.4) is 0 Å². The van der Waals surface area contributed by atoms with Gasteiger partial charge in [-0.05, 0) is 6.42 Å². The molecule has 0 bridgehead atoms. The highest BCUT2D eigenvalue weighted by atomic mass is 35.5. The van der Waals surface area contributed by atoms with Crippen LogP contribution in [0.25, 0.3) is 11.2 Å². The maximum Gasteiger partial charge on any atom is 0.255 e. The van der Waals surface area contributed by atoms with E-state index < -0.39 is 0 Å². The number of quaternary nitrogens is 1. The number of hydrogen-bond acceptors (Lipinski definition) is 3. The Morgan fingerprint density at radius 2 is 1.50 bits per heavy atom. The molecule has 5 nitrogen and oxygen atoms in total. The minimum Gasteiger partial charge on any atom is -1.00 e. The van der Waals surface area contributed by atoms with Crippen molar-refractivity contribution in [3.8, 4) is 0 Å². The molecule has 0 aromatic carbocycles. The van der Waals surface area contributed by atoms with Crippen molar-refractivity contribution in [2.45, 2.75) is 77.7 Å². The van der Waals surface area contributed by atoms with E-state index in [2.05, 4.69) is 26.4 Å². The highest BCUT2D eigenvalue weighted by molar-refractivity contribution is 5.78. The number of aryl methyl sites for hydroxylation is 1. The van der Waals surface area contributed by atoms with Crippen molar-refractivity contribution in [2.75, 3.05) is 7.05 Å². The maximum atomic E-state index is 4.46. The first-order valence-electron chi connectivity index (χ1n) is 9.32. The molecule has 0 aliphatic carbocycles. The molecule has 0 radical (unpaired) electrons. The van der Waals surface area contributed by atoms with Crippen LogP contribution in [0, 0.1) is 0 Å². The van der Waals surface area contributed by atoms with Crippen molar-refractivity contribution < 1.29 is 17.7 Å². The fourth-order valence-corrected chi connectivity index (χ4v) is 3.04. The normalized spacial score (nSPS) is 10.9. The van der Waals surface area contributed by atoms with Crippen LogP contribution < -0.4 is 17.7 Å². The molecule has 2 rings (SSSR count). The van der Waals surface area contributed by atoms with Gasteiger partial charge >= 0.3 is 0 Å². The second-order valence-electron chi connectivity index (χ2n) is 6.34. The fourth-order valence-electron chi connectivity index (χ4n) is 3.04. The van der Waals surface area contributed by atoms with Crippen molar-refractivity contribution in [3.63, 3.8) is 0 Å². The smallest absolute Gasteiger partial charge is 0.255 e. The number of aromatic nitrogens is 4. The number of nitrogens with two attached hydrogens (primary N) is 1. The van der Waals surface area contributed by atoms with Gasteiger partial charge in [-0.2, -0.15) is 4.98 Å². The summed E-state index contributed by atoms with van der Waals surface area (Å²) in [4.78, 5) is 13.1. The molecule has 6 heteroatoms. The van der Waals surface area contributed by atoms with Crippen LogP contribution in [-0.2, 0) is 6.54 Å². The molecule has 2 aromatic rings. The first-order valence-corrected chi connectivity index (χ1v) is 9.32. The topological polar surface area (TPSA) is 60.2 Å². The van der Waals surface area contributed by atoms with E-state index in [1.807, 2.05) is 18.7 Å². The Bertz CT molecular complexity index is 570. The Labute approximate surface area is 152 Å². The molecule has 2 aromatic heterocycles. The van der Waals surface area contributed by atoms with E-state index in [-0.39, 0.29) is 12.4 Å². The van der Waals surface area contributed by atoms with Crippen LogP contribution in [0.4, 0.5) is 5.82 Å². The van der Waals surface area contributed by atoms with Gasteiger partial charge in [0.25, 0.3) is 5.82 Å². The third-order valence-corrected chi connectivity index (χ3v) is 4.46. The largest absolute Gasteiger partial charge is 1.00 e. The van der Waals surface area contributed by atoms with Gasteiger partial charge in [-0.15, -0.1) is 0 Å². The second-order valence-corrected chi connectivity index (χ2v) is 6.34. The lowest BCUT2D eigenvalue weighted by molar-refractivity contribution is -0.541. The zero-order valence-corrected chi connectivity index (χ0v) is 15.9. The molecule has 0 aliphatic heterocycles. The fraction of sp³-hybridized carbons (Fsp3) is 0.722. The third-order valence-electron chi connectivity index (χ3n) is 4.46. The van der Waals surface area contributed by atoms with E-state index in [0.717, 1.165) is 23.5 Å². The summed E-state index contributed by atoms with van der Waals surface area (Å²) in [6, 6.07) is 0. The summed E-state index contributed by atoms with van der Waals surface area (Å²) in [7, 11) is 1.99. The molecule has 0 amide bonds. The van der Waals surface area contributed by atoms with Crippen LogP contribution in [0.5, 0.6) is 0 Å². The summed E-state index contributed by atoms with van der Waals surface area (Å²) in [5.41, 5.74) is 1.88. The number of hydrogen-bond donors (Lipinski definition) is 1. The molecule has 136 valence electrons. The standard InChI is InChI=1S/C18H31N5.ClH/c1-3-4-5-6-7-8-9-10-11-12-13-23-15-22-16-17(19-2)20-14-21-18(16)23;/h14-15H,3-13H2,1-2H3,(H,19,20,21);1H. The maximum absolute atomic E-state index is 4.46. The molecule has 0 unspecified atom stereocenters. The van der Waals surface area contributed by atoms with E-state index in [4.69, 9.17) is 0 Å². The summed E-state index contributed by atoms with van der Waals surface area (Å²) in [6.07, 6.45) is 17.2. The van der Waals surface area contributed by atoms with Gasteiger partial charge in [0, 0.05) is 6.54 Å². The third kappa shape index (κ3) is 6.36. The number of halogens is 1. The summed E-state index contributed by atoms with van der Waals surface area (Å²) in [6.45, 7) is 3.28. The molecular weight excluding hydrogens is 322 g/mol. The molecule has 2 heterocycles. The quantitative estimate of drug-likeness (QED) is 0.568. The highest BCUT2D eigenvalue weighted by Crippen LogP contribution is 2.15. The Morgan fingerprint density at radius 3 is 2.12 bits per heavy atom. The Morgan fingerprint density at radius 1 is 0.875 bits per heavy atom. The molecule has 0 spiro atoms. The van der Waals surface area contributed by atoms with Crippen LogP contribution >= 0.6 is 0 Å². The monoisotopic (exact) mass is 353 g/mol. The SMILES string of the molecule is CCCCCCCCCCCCn1cnc2c([NH2+]C)ncnc21.[Cl-]. The van der Waals surface area contributed by atoms with E-state index in [1.165, 1.54) is 64.2 Å². The van der Waals surface area contributed by atoms with Crippen LogP contribution in [-0.4, -0.2) is 26.6 Å². The molecule has 0 atom stereocenters. The molecule has 0 aliphatic rings. The second kappa shape index (κ2) is 12.2. The zero-order chi connectivity index (χ0) is 16.3. The van der Waals surface area contributed by atoms with Crippen LogP contribution in [0.1, 0.15) is 71.1 Å². The minimum absolute atomic E-state index is 0.